The molecule has 3 saturated heterocycles. The number of anilines is 1. The SMILES string of the molecule is CCCCNC(=O)C1N([C@@H](CO)[C@@H](C)CC)C(=O)[C@@H]2[C@H](C(=O)Nc3ccccc3)[C@@H]3CCC12O3. The van der Waals surface area contributed by atoms with Crippen molar-refractivity contribution in [1.82, 2.24) is 10.2 Å². The summed E-state index contributed by atoms with van der Waals surface area (Å²) >= 11 is 0. The number of rotatable bonds is 10. The first-order valence-electron chi connectivity index (χ1n) is 12.6. The molecule has 2 bridgehead atoms. The lowest BCUT2D eigenvalue weighted by molar-refractivity contribution is -0.146. The molecule has 3 N–H and O–H groups in total. The number of nitrogens with one attached hydrogen (secondary N) is 2. The molecule has 34 heavy (non-hydrogen) atoms. The van der Waals surface area contributed by atoms with Crippen LogP contribution in [0.3, 0.4) is 0 Å². The summed E-state index contributed by atoms with van der Waals surface area (Å²) in [5, 5.41) is 16.2. The molecule has 8 nitrogen and oxygen atoms in total. The second-order valence-electron chi connectivity index (χ2n) is 9.94. The highest BCUT2D eigenvalue weighted by molar-refractivity contribution is 6.02. The van der Waals surface area contributed by atoms with E-state index in [9.17, 15) is 19.5 Å². The van der Waals surface area contributed by atoms with Crippen LogP contribution in [-0.2, 0) is 19.1 Å². The van der Waals surface area contributed by atoms with Crippen molar-refractivity contribution in [1.29, 1.82) is 0 Å². The molecule has 3 heterocycles. The van der Waals surface area contributed by atoms with E-state index in [1.807, 2.05) is 32.0 Å². The highest BCUT2D eigenvalue weighted by atomic mass is 16.5. The molecule has 3 aliphatic rings. The van der Waals surface area contributed by atoms with Crippen molar-refractivity contribution in [2.75, 3.05) is 18.5 Å². The molecule has 0 saturated carbocycles. The number of para-hydroxylation sites is 1. The van der Waals surface area contributed by atoms with Gasteiger partial charge in [0.2, 0.25) is 17.7 Å². The zero-order chi connectivity index (χ0) is 24.5. The van der Waals surface area contributed by atoms with Gasteiger partial charge in [-0.2, -0.15) is 0 Å². The number of benzene rings is 1. The van der Waals surface area contributed by atoms with Crippen molar-refractivity contribution >= 4 is 23.4 Å². The third kappa shape index (κ3) is 4.01. The first-order chi connectivity index (χ1) is 16.4. The summed E-state index contributed by atoms with van der Waals surface area (Å²) in [7, 11) is 0. The molecule has 186 valence electrons. The maximum atomic E-state index is 14.0. The summed E-state index contributed by atoms with van der Waals surface area (Å²) in [6.07, 6.45) is 3.29. The zero-order valence-corrected chi connectivity index (χ0v) is 20.3. The highest BCUT2D eigenvalue weighted by Gasteiger charge is 2.75. The highest BCUT2D eigenvalue weighted by Crippen LogP contribution is 2.59. The summed E-state index contributed by atoms with van der Waals surface area (Å²) in [6, 6.07) is 7.79. The Labute approximate surface area is 201 Å². The lowest BCUT2D eigenvalue weighted by Crippen LogP contribution is -2.59. The number of unbranched alkanes of at least 4 members (excludes halogenated alkanes) is 1. The minimum absolute atomic E-state index is 0.0103. The lowest BCUT2D eigenvalue weighted by Gasteiger charge is -2.38. The second-order valence-corrected chi connectivity index (χ2v) is 9.94. The van der Waals surface area contributed by atoms with E-state index in [-0.39, 0.29) is 30.2 Å². The average Bonchev–Trinajstić information content (AvgIpc) is 3.48. The minimum atomic E-state index is -1.04. The van der Waals surface area contributed by atoms with Gasteiger partial charge in [-0.1, -0.05) is 51.8 Å². The molecule has 0 aromatic heterocycles. The van der Waals surface area contributed by atoms with Crippen molar-refractivity contribution in [2.45, 2.75) is 76.7 Å². The Balaban J connectivity index is 1.69. The Kier molecular flexibility index (Phi) is 7.28. The monoisotopic (exact) mass is 471 g/mol. The van der Waals surface area contributed by atoms with Gasteiger partial charge in [-0.3, -0.25) is 14.4 Å². The van der Waals surface area contributed by atoms with Crippen molar-refractivity contribution in [3.05, 3.63) is 30.3 Å². The van der Waals surface area contributed by atoms with E-state index in [2.05, 4.69) is 17.6 Å². The smallest absolute Gasteiger partial charge is 0.245 e. The summed E-state index contributed by atoms with van der Waals surface area (Å²) in [5.41, 5.74) is -0.384. The quantitative estimate of drug-likeness (QED) is 0.454. The van der Waals surface area contributed by atoms with E-state index >= 15 is 0 Å². The lowest BCUT2D eigenvalue weighted by atomic mass is 9.70. The molecule has 8 heteroatoms. The molecule has 1 aromatic carbocycles. The molecular weight excluding hydrogens is 434 g/mol. The third-order valence-corrected chi connectivity index (χ3v) is 8.01. The molecule has 3 aliphatic heterocycles. The Hall–Kier alpha value is -2.45. The van der Waals surface area contributed by atoms with Gasteiger partial charge in [0.05, 0.1) is 30.6 Å². The molecule has 1 spiro atoms. The average molecular weight is 472 g/mol. The van der Waals surface area contributed by atoms with Crippen LogP contribution >= 0.6 is 0 Å². The number of carbonyl (C=O) groups excluding carboxylic acids is 3. The molecule has 0 radical (unpaired) electrons. The van der Waals surface area contributed by atoms with Gasteiger partial charge in [-0.15, -0.1) is 0 Å². The van der Waals surface area contributed by atoms with Crippen LogP contribution in [0.4, 0.5) is 5.69 Å². The number of hydrogen-bond acceptors (Lipinski definition) is 5. The van der Waals surface area contributed by atoms with Crippen LogP contribution < -0.4 is 10.6 Å². The van der Waals surface area contributed by atoms with E-state index in [4.69, 9.17) is 4.74 Å². The molecule has 3 amide bonds. The van der Waals surface area contributed by atoms with Crippen LogP contribution in [0.25, 0.3) is 0 Å². The minimum Gasteiger partial charge on any atom is -0.394 e. The van der Waals surface area contributed by atoms with E-state index in [1.54, 1.807) is 17.0 Å². The molecular formula is C26H37N3O5. The van der Waals surface area contributed by atoms with Crippen molar-refractivity contribution in [3.63, 3.8) is 0 Å². The largest absolute Gasteiger partial charge is 0.394 e. The molecule has 3 fully saturated rings. The Bertz CT molecular complexity index is 909. The third-order valence-electron chi connectivity index (χ3n) is 8.01. The van der Waals surface area contributed by atoms with Gasteiger partial charge in [0.15, 0.2) is 0 Å². The number of carbonyl (C=O) groups is 3. The Morgan fingerprint density at radius 1 is 1.24 bits per heavy atom. The Morgan fingerprint density at radius 2 is 1.97 bits per heavy atom. The number of aliphatic hydroxyl groups is 1. The standard InChI is InChI=1S/C26H37N3O5/c1-4-6-14-27-24(32)22-26-13-12-19(34-26)20(23(31)28-17-10-8-7-9-11-17)21(26)25(33)29(22)18(15-30)16(3)5-2/h7-11,16,18-22,30H,4-6,12-15H2,1-3H3,(H,27,32)(H,28,31)/t16-,18-,19-,20+,21-,22?,26?/m0/s1. The van der Waals surface area contributed by atoms with Gasteiger partial charge in [-0.25, -0.2) is 0 Å². The van der Waals surface area contributed by atoms with Crippen LogP contribution in [0, 0.1) is 17.8 Å². The fourth-order valence-corrected chi connectivity index (χ4v) is 6.09. The molecule has 0 aliphatic carbocycles. The maximum Gasteiger partial charge on any atom is 0.245 e. The number of ether oxygens (including phenoxy) is 1. The normalized spacial score (nSPS) is 31.3. The van der Waals surface area contributed by atoms with Crippen molar-refractivity contribution in [3.8, 4) is 0 Å². The fourth-order valence-electron chi connectivity index (χ4n) is 6.09. The van der Waals surface area contributed by atoms with Gasteiger partial charge in [-0.05, 0) is 37.3 Å². The van der Waals surface area contributed by atoms with Crippen LogP contribution in [0.5, 0.6) is 0 Å². The molecule has 2 unspecified atom stereocenters. The summed E-state index contributed by atoms with van der Waals surface area (Å²) in [6.45, 7) is 6.30. The number of amides is 3. The van der Waals surface area contributed by atoms with Crippen LogP contribution in [0.1, 0.15) is 52.9 Å². The second kappa shape index (κ2) is 10.0. The van der Waals surface area contributed by atoms with E-state index in [0.717, 1.165) is 19.3 Å². The number of aliphatic hydroxyl groups excluding tert-OH is 1. The molecule has 7 atom stereocenters. The zero-order valence-electron chi connectivity index (χ0n) is 20.3. The fraction of sp³-hybridized carbons (Fsp3) is 0.654. The van der Waals surface area contributed by atoms with E-state index in [1.165, 1.54) is 0 Å². The topological polar surface area (TPSA) is 108 Å². The van der Waals surface area contributed by atoms with Gasteiger partial charge in [0.1, 0.15) is 11.6 Å². The predicted molar refractivity (Wildman–Crippen MR) is 128 cm³/mol. The summed E-state index contributed by atoms with van der Waals surface area (Å²) in [5.74, 6) is -2.19. The number of hydrogen-bond donors (Lipinski definition) is 3. The van der Waals surface area contributed by atoms with E-state index < -0.39 is 35.6 Å². The molecule has 1 aromatic rings. The number of nitrogens with zero attached hydrogens (tertiary/aromatic N) is 1. The maximum absolute atomic E-state index is 14.0. The van der Waals surface area contributed by atoms with Gasteiger partial charge >= 0.3 is 0 Å². The van der Waals surface area contributed by atoms with Gasteiger partial charge in [0, 0.05) is 12.2 Å². The summed E-state index contributed by atoms with van der Waals surface area (Å²) < 4.78 is 6.44. The predicted octanol–water partition coefficient (Wildman–Crippen LogP) is 2.32. The van der Waals surface area contributed by atoms with Gasteiger partial charge < -0.3 is 25.4 Å². The van der Waals surface area contributed by atoms with Crippen LogP contribution in [0.15, 0.2) is 30.3 Å². The first kappa shape index (κ1) is 24.7. The number of likely N-dealkylation sites (tertiary alicyclic amines) is 1. The van der Waals surface area contributed by atoms with E-state index in [0.29, 0.717) is 25.1 Å². The first-order valence-corrected chi connectivity index (χ1v) is 12.6. The van der Waals surface area contributed by atoms with Crippen LogP contribution in [0.2, 0.25) is 0 Å². The summed E-state index contributed by atoms with van der Waals surface area (Å²) in [4.78, 5) is 42.5. The van der Waals surface area contributed by atoms with Crippen LogP contribution in [-0.4, -0.2) is 64.7 Å². The molecule has 4 rings (SSSR count). The number of fused-ring (bicyclic) bond motifs is 1. The Morgan fingerprint density at radius 3 is 2.62 bits per heavy atom. The van der Waals surface area contributed by atoms with Crippen molar-refractivity contribution < 1.29 is 24.2 Å². The van der Waals surface area contributed by atoms with Gasteiger partial charge in [0.25, 0.3) is 0 Å². The van der Waals surface area contributed by atoms with Crippen molar-refractivity contribution in [2.24, 2.45) is 17.8 Å².